The Labute approximate surface area is 66.6 Å². The summed E-state index contributed by atoms with van der Waals surface area (Å²) in [6, 6.07) is 2.62. The van der Waals surface area contributed by atoms with Crippen LogP contribution in [0.25, 0.3) is 0 Å². The highest BCUT2D eigenvalue weighted by Gasteiger charge is 2.21. The van der Waals surface area contributed by atoms with E-state index in [2.05, 4.69) is 18.3 Å². The largest absolute Gasteiger partial charge is 0.464 e. The molecular weight excluding hydrogens is 138 g/mol. The number of hydrogen-bond donors (Lipinski definition) is 1. The molecule has 2 nitrogen and oxygen atoms in total. The molecule has 0 bridgehead atoms. The number of aryl methyl sites for hydroxylation is 2. The maximum absolute atomic E-state index is 5.56. The minimum atomic E-state index is 0.488. The van der Waals surface area contributed by atoms with Gasteiger partial charge in [0.15, 0.2) is 0 Å². The van der Waals surface area contributed by atoms with Crippen molar-refractivity contribution in [1.82, 2.24) is 5.32 Å². The molecule has 60 valence electrons. The summed E-state index contributed by atoms with van der Waals surface area (Å²) in [6.07, 6.45) is 1.21. The SMILES string of the molecule is Cc1cc([C@H]2CCN2)oc1C. The summed E-state index contributed by atoms with van der Waals surface area (Å²) in [4.78, 5) is 0. The third-order valence-corrected chi connectivity index (χ3v) is 2.35. The maximum Gasteiger partial charge on any atom is 0.121 e. The van der Waals surface area contributed by atoms with Crippen LogP contribution >= 0.6 is 0 Å². The Morgan fingerprint density at radius 3 is 2.64 bits per heavy atom. The monoisotopic (exact) mass is 151 g/mol. The van der Waals surface area contributed by atoms with Crippen molar-refractivity contribution in [3.63, 3.8) is 0 Å². The molecule has 0 radical (unpaired) electrons. The van der Waals surface area contributed by atoms with E-state index >= 15 is 0 Å². The number of nitrogens with one attached hydrogen (secondary N) is 1. The predicted molar refractivity (Wildman–Crippen MR) is 43.5 cm³/mol. The topological polar surface area (TPSA) is 25.2 Å². The Balaban J connectivity index is 2.24. The summed E-state index contributed by atoms with van der Waals surface area (Å²) in [5, 5.41) is 3.31. The van der Waals surface area contributed by atoms with Crippen LogP contribution in [0.1, 0.15) is 29.5 Å². The fraction of sp³-hybridized carbons (Fsp3) is 0.556. The van der Waals surface area contributed by atoms with Crippen molar-refractivity contribution in [1.29, 1.82) is 0 Å². The summed E-state index contributed by atoms with van der Waals surface area (Å²) in [5.74, 6) is 2.15. The standard InChI is InChI=1S/C9H13NO/c1-6-5-9(11-7(6)2)8-3-4-10-8/h5,8,10H,3-4H2,1-2H3/t8-/m1/s1. The highest BCUT2D eigenvalue weighted by atomic mass is 16.3. The third-order valence-electron chi connectivity index (χ3n) is 2.35. The van der Waals surface area contributed by atoms with Gasteiger partial charge in [-0.15, -0.1) is 0 Å². The van der Waals surface area contributed by atoms with E-state index in [0.29, 0.717) is 6.04 Å². The van der Waals surface area contributed by atoms with Crippen molar-refractivity contribution < 1.29 is 4.42 Å². The summed E-state index contributed by atoms with van der Waals surface area (Å²) >= 11 is 0. The van der Waals surface area contributed by atoms with Gasteiger partial charge in [0, 0.05) is 0 Å². The highest BCUT2D eigenvalue weighted by molar-refractivity contribution is 5.21. The predicted octanol–water partition coefficient (Wildman–Crippen LogP) is 1.93. The summed E-state index contributed by atoms with van der Waals surface area (Å²) in [5.41, 5.74) is 1.26. The van der Waals surface area contributed by atoms with E-state index in [-0.39, 0.29) is 0 Å². The van der Waals surface area contributed by atoms with Crippen molar-refractivity contribution in [3.05, 3.63) is 23.2 Å². The molecule has 0 amide bonds. The van der Waals surface area contributed by atoms with Gasteiger partial charge < -0.3 is 9.73 Å². The molecule has 2 heteroatoms. The van der Waals surface area contributed by atoms with E-state index in [1.807, 2.05) is 6.92 Å². The van der Waals surface area contributed by atoms with Crippen molar-refractivity contribution in [2.75, 3.05) is 6.54 Å². The molecule has 1 atom stereocenters. The molecule has 2 heterocycles. The van der Waals surface area contributed by atoms with Crippen LogP contribution in [0.3, 0.4) is 0 Å². The van der Waals surface area contributed by atoms with Gasteiger partial charge in [-0.3, -0.25) is 0 Å². The average Bonchev–Trinajstić information content (AvgIpc) is 2.08. The Morgan fingerprint density at radius 1 is 1.55 bits per heavy atom. The van der Waals surface area contributed by atoms with Crippen LogP contribution < -0.4 is 5.32 Å². The molecule has 0 aromatic carbocycles. The van der Waals surface area contributed by atoms with Gasteiger partial charge >= 0.3 is 0 Å². The first kappa shape index (κ1) is 6.92. The maximum atomic E-state index is 5.56. The fourth-order valence-corrected chi connectivity index (χ4v) is 1.31. The molecule has 1 aromatic rings. The normalized spacial score (nSPS) is 23.3. The molecule has 1 saturated heterocycles. The van der Waals surface area contributed by atoms with Gasteiger partial charge in [0.25, 0.3) is 0 Å². The first-order chi connectivity index (χ1) is 5.27. The minimum absolute atomic E-state index is 0.488. The molecule has 2 rings (SSSR count). The zero-order chi connectivity index (χ0) is 7.84. The lowest BCUT2D eigenvalue weighted by molar-refractivity contribution is 0.314. The van der Waals surface area contributed by atoms with Gasteiger partial charge in [-0.2, -0.15) is 0 Å². The van der Waals surface area contributed by atoms with E-state index in [1.54, 1.807) is 0 Å². The van der Waals surface area contributed by atoms with Gasteiger partial charge in [-0.25, -0.2) is 0 Å². The zero-order valence-corrected chi connectivity index (χ0v) is 6.98. The Morgan fingerprint density at radius 2 is 2.27 bits per heavy atom. The van der Waals surface area contributed by atoms with Crippen molar-refractivity contribution in [3.8, 4) is 0 Å². The van der Waals surface area contributed by atoms with Crippen molar-refractivity contribution in [2.45, 2.75) is 26.3 Å². The minimum Gasteiger partial charge on any atom is -0.464 e. The first-order valence-corrected chi connectivity index (χ1v) is 4.07. The van der Waals surface area contributed by atoms with Crippen LogP contribution in [-0.2, 0) is 0 Å². The van der Waals surface area contributed by atoms with Crippen LogP contribution in [0.4, 0.5) is 0 Å². The lowest BCUT2D eigenvalue weighted by Crippen LogP contribution is -2.34. The fourth-order valence-electron chi connectivity index (χ4n) is 1.31. The van der Waals surface area contributed by atoms with E-state index < -0.39 is 0 Å². The molecule has 0 saturated carbocycles. The van der Waals surface area contributed by atoms with E-state index in [0.717, 1.165) is 18.1 Å². The first-order valence-electron chi connectivity index (χ1n) is 4.07. The molecule has 0 spiro atoms. The highest BCUT2D eigenvalue weighted by Crippen LogP contribution is 2.26. The Bertz CT molecular complexity index is 241. The van der Waals surface area contributed by atoms with Crippen LogP contribution in [0.5, 0.6) is 0 Å². The second kappa shape index (κ2) is 2.38. The van der Waals surface area contributed by atoms with Crippen LogP contribution in [0, 0.1) is 13.8 Å². The zero-order valence-electron chi connectivity index (χ0n) is 6.98. The molecule has 1 aromatic heterocycles. The average molecular weight is 151 g/mol. The second-order valence-electron chi connectivity index (χ2n) is 3.18. The van der Waals surface area contributed by atoms with Gasteiger partial charge in [0.05, 0.1) is 6.04 Å². The summed E-state index contributed by atoms with van der Waals surface area (Å²) in [6.45, 7) is 5.22. The number of furan rings is 1. The number of hydrogen-bond acceptors (Lipinski definition) is 2. The third kappa shape index (κ3) is 1.07. The Kier molecular flexibility index (Phi) is 1.50. The Hall–Kier alpha value is -0.760. The molecular formula is C9H13NO. The van der Waals surface area contributed by atoms with Gasteiger partial charge in [-0.1, -0.05) is 0 Å². The van der Waals surface area contributed by atoms with Gasteiger partial charge in [0.2, 0.25) is 0 Å². The molecule has 1 aliphatic heterocycles. The van der Waals surface area contributed by atoms with E-state index in [1.165, 1.54) is 12.0 Å². The van der Waals surface area contributed by atoms with Crippen LogP contribution in [0.15, 0.2) is 10.5 Å². The van der Waals surface area contributed by atoms with Crippen molar-refractivity contribution in [2.24, 2.45) is 0 Å². The van der Waals surface area contributed by atoms with E-state index in [4.69, 9.17) is 4.42 Å². The lowest BCUT2D eigenvalue weighted by Gasteiger charge is -2.25. The van der Waals surface area contributed by atoms with Crippen molar-refractivity contribution >= 4 is 0 Å². The van der Waals surface area contributed by atoms with Crippen LogP contribution in [0.2, 0.25) is 0 Å². The summed E-state index contributed by atoms with van der Waals surface area (Å²) in [7, 11) is 0. The lowest BCUT2D eigenvalue weighted by atomic mass is 10.0. The summed E-state index contributed by atoms with van der Waals surface area (Å²) < 4.78 is 5.56. The molecule has 1 fully saturated rings. The molecule has 0 aliphatic carbocycles. The van der Waals surface area contributed by atoms with Gasteiger partial charge in [0.1, 0.15) is 11.5 Å². The molecule has 0 unspecified atom stereocenters. The quantitative estimate of drug-likeness (QED) is 0.663. The van der Waals surface area contributed by atoms with Gasteiger partial charge in [-0.05, 0) is 38.4 Å². The molecule has 1 aliphatic rings. The van der Waals surface area contributed by atoms with E-state index in [9.17, 15) is 0 Å². The molecule has 1 N–H and O–H groups in total. The number of rotatable bonds is 1. The van der Waals surface area contributed by atoms with Crippen LogP contribution in [-0.4, -0.2) is 6.54 Å². The second-order valence-corrected chi connectivity index (χ2v) is 3.18. The smallest absolute Gasteiger partial charge is 0.121 e. The molecule has 11 heavy (non-hydrogen) atoms.